The van der Waals surface area contributed by atoms with Gasteiger partial charge in [0.25, 0.3) is 5.91 Å². The van der Waals surface area contributed by atoms with Crippen LogP contribution >= 0.6 is 0 Å². The van der Waals surface area contributed by atoms with Crippen molar-refractivity contribution >= 4 is 22.6 Å². The van der Waals surface area contributed by atoms with Crippen molar-refractivity contribution in [3.05, 3.63) is 72.2 Å². The second-order valence-corrected chi connectivity index (χ2v) is 7.28. The molecule has 1 N–H and O–H groups in total. The fourth-order valence-electron chi connectivity index (χ4n) is 3.76. The van der Waals surface area contributed by atoms with Crippen LogP contribution in [0.5, 0.6) is 0 Å². The summed E-state index contributed by atoms with van der Waals surface area (Å²) in [4.78, 5) is 28.6. The minimum atomic E-state index is -0.289. The molecule has 2 aromatic carbocycles. The minimum Gasteiger partial charge on any atom is -0.459 e. The predicted molar refractivity (Wildman–Crippen MR) is 111 cm³/mol. The third-order valence-corrected chi connectivity index (χ3v) is 5.37. The summed E-state index contributed by atoms with van der Waals surface area (Å²) in [7, 11) is 0. The molecule has 2 heterocycles. The first kappa shape index (κ1) is 19.2. The van der Waals surface area contributed by atoms with Crippen LogP contribution in [0.2, 0.25) is 0 Å². The highest BCUT2D eigenvalue weighted by Gasteiger charge is 2.21. The van der Waals surface area contributed by atoms with Gasteiger partial charge in [0.05, 0.1) is 6.26 Å². The first-order valence-electron chi connectivity index (χ1n) is 9.99. The summed E-state index contributed by atoms with van der Waals surface area (Å²) in [6.45, 7) is 4.35. The lowest BCUT2D eigenvalue weighted by Gasteiger charge is -2.35. The molecule has 4 rings (SSSR count). The number of hydrogen-bond donors (Lipinski definition) is 1. The second-order valence-electron chi connectivity index (χ2n) is 7.28. The van der Waals surface area contributed by atoms with Gasteiger partial charge in [-0.05, 0) is 28.5 Å². The number of nitrogens with zero attached hydrogens (tertiary/aromatic N) is 2. The molecule has 1 saturated heterocycles. The fraction of sp³-hybridized carbons (Fsp3) is 0.304. The molecule has 3 aromatic rings. The van der Waals surface area contributed by atoms with E-state index in [1.807, 2.05) is 4.90 Å². The average molecular weight is 391 g/mol. The van der Waals surface area contributed by atoms with Crippen LogP contribution in [-0.4, -0.2) is 54.3 Å². The van der Waals surface area contributed by atoms with Gasteiger partial charge in [0, 0.05) is 45.7 Å². The topological polar surface area (TPSA) is 65.8 Å². The molecule has 150 valence electrons. The Balaban J connectivity index is 1.23. The molecule has 6 heteroatoms. The van der Waals surface area contributed by atoms with Crippen molar-refractivity contribution in [3.63, 3.8) is 0 Å². The Morgan fingerprint density at radius 2 is 1.72 bits per heavy atom. The van der Waals surface area contributed by atoms with Gasteiger partial charge in [-0.3, -0.25) is 14.5 Å². The van der Waals surface area contributed by atoms with E-state index in [1.165, 1.54) is 22.6 Å². The number of carbonyl (C=O) groups is 2. The van der Waals surface area contributed by atoms with Gasteiger partial charge in [0.1, 0.15) is 0 Å². The van der Waals surface area contributed by atoms with Crippen LogP contribution in [0.3, 0.4) is 0 Å². The molecule has 1 aliphatic rings. The second kappa shape index (κ2) is 8.92. The van der Waals surface area contributed by atoms with Crippen molar-refractivity contribution in [2.45, 2.75) is 13.0 Å². The Bertz CT molecular complexity index is 971. The molecule has 0 atom stereocenters. The van der Waals surface area contributed by atoms with E-state index in [-0.39, 0.29) is 17.6 Å². The molecule has 6 nitrogen and oxygen atoms in total. The van der Waals surface area contributed by atoms with Crippen LogP contribution in [-0.2, 0) is 11.3 Å². The number of furan rings is 1. The number of rotatable bonds is 6. The summed E-state index contributed by atoms with van der Waals surface area (Å²) in [6.07, 6.45) is 1.76. The fourth-order valence-corrected chi connectivity index (χ4v) is 3.76. The van der Waals surface area contributed by atoms with Crippen molar-refractivity contribution in [1.29, 1.82) is 0 Å². The summed E-state index contributed by atoms with van der Waals surface area (Å²) < 4.78 is 5.04. The van der Waals surface area contributed by atoms with E-state index in [1.54, 1.807) is 12.1 Å². The van der Waals surface area contributed by atoms with Gasteiger partial charge in [-0.25, -0.2) is 0 Å². The maximum absolute atomic E-state index is 12.4. The van der Waals surface area contributed by atoms with Crippen molar-refractivity contribution in [1.82, 2.24) is 15.1 Å². The quantitative estimate of drug-likeness (QED) is 0.702. The van der Waals surface area contributed by atoms with Crippen LogP contribution in [0, 0.1) is 0 Å². The molecule has 0 unspecified atom stereocenters. The lowest BCUT2D eigenvalue weighted by atomic mass is 10.0. The zero-order valence-corrected chi connectivity index (χ0v) is 16.3. The smallest absolute Gasteiger partial charge is 0.286 e. The minimum absolute atomic E-state index is 0.0783. The number of benzene rings is 2. The summed E-state index contributed by atoms with van der Waals surface area (Å²) in [5.74, 6) is 0.0526. The maximum atomic E-state index is 12.4. The third kappa shape index (κ3) is 4.66. The molecule has 0 radical (unpaired) electrons. The van der Waals surface area contributed by atoms with Gasteiger partial charge in [-0.15, -0.1) is 0 Å². The number of nitrogens with one attached hydrogen (secondary N) is 1. The van der Waals surface area contributed by atoms with Crippen molar-refractivity contribution in [2.75, 3.05) is 32.7 Å². The van der Waals surface area contributed by atoms with Crippen LogP contribution in [0.25, 0.3) is 10.8 Å². The molecule has 2 amide bonds. The first-order chi connectivity index (χ1) is 14.2. The highest BCUT2D eigenvalue weighted by Crippen LogP contribution is 2.20. The van der Waals surface area contributed by atoms with Crippen molar-refractivity contribution < 1.29 is 14.0 Å². The first-order valence-corrected chi connectivity index (χ1v) is 9.99. The highest BCUT2D eigenvalue weighted by molar-refractivity contribution is 5.91. The average Bonchev–Trinajstić information content (AvgIpc) is 3.29. The normalized spacial score (nSPS) is 14.8. The molecular weight excluding hydrogens is 366 g/mol. The molecule has 0 saturated carbocycles. The van der Waals surface area contributed by atoms with Gasteiger partial charge < -0.3 is 14.6 Å². The number of carbonyl (C=O) groups excluding carboxylic acids is 2. The Hall–Kier alpha value is -3.12. The van der Waals surface area contributed by atoms with Crippen molar-refractivity contribution in [3.8, 4) is 0 Å². The van der Waals surface area contributed by atoms with E-state index < -0.39 is 0 Å². The van der Waals surface area contributed by atoms with Gasteiger partial charge in [0.15, 0.2) is 5.76 Å². The summed E-state index contributed by atoms with van der Waals surface area (Å²) in [5, 5.41) is 5.27. The monoisotopic (exact) mass is 391 g/mol. The van der Waals surface area contributed by atoms with E-state index in [9.17, 15) is 9.59 Å². The lowest BCUT2D eigenvalue weighted by molar-refractivity contribution is -0.132. The number of fused-ring (bicyclic) bond motifs is 1. The van der Waals surface area contributed by atoms with Gasteiger partial charge in [-0.1, -0.05) is 42.5 Å². The molecule has 29 heavy (non-hydrogen) atoms. The highest BCUT2D eigenvalue weighted by atomic mass is 16.3. The molecule has 0 aliphatic carbocycles. The van der Waals surface area contributed by atoms with E-state index in [2.05, 4.69) is 52.7 Å². The number of amides is 2. The molecule has 1 aliphatic heterocycles. The maximum Gasteiger partial charge on any atom is 0.286 e. The molecular formula is C23H25N3O3. The Labute approximate surface area is 170 Å². The predicted octanol–water partition coefficient (Wildman–Crippen LogP) is 2.90. The van der Waals surface area contributed by atoms with E-state index >= 15 is 0 Å². The number of hydrogen-bond acceptors (Lipinski definition) is 4. The zero-order valence-electron chi connectivity index (χ0n) is 16.3. The van der Waals surface area contributed by atoms with E-state index in [0.717, 1.165) is 32.7 Å². The zero-order chi connectivity index (χ0) is 20.1. The van der Waals surface area contributed by atoms with E-state index in [0.29, 0.717) is 13.0 Å². The molecule has 0 bridgehead atoms. The lowest BCUT2D eigenvalue weighted by Crippen LogP contribution is -2.48. The SMILES string of the molecule is O=C(NCCC(=O)N1CCN(Cc2cccc3ccccc23)CC1)c1ccco1. The number of piperazine rings is 1. The molecule has 1 fully saturated rings. The Kier molecular flexibility index (Phi) is 5.91. The molecule has 0 spiro atoms. The van der Waals surface area contributed by atoms with Gasteiger partial charge in [-0.2, -0.15) is 0 Å². The summed E-state index contributed by atoms with van der Waals surface area (Å²) >= 11 is 0. The van der Waals surface area contributed by atoms with Crippen LogP contribution in [0.15, 0.2) is 65.3 Å². The third-order valence-electron chi connectivity index (χ3n) is 5.37. The summed E-state index contributed by atoms with van der Waals surface area (Å²) in [5.41, 5.74) is 1.32. The van der Waals surface area contributed by atoms with Crippen LogP contribution in [0.1, 0.15) is 22.5 Å². The standard InChI is InChI=1S/C23H25N3O3/c27-22(10-11-24-23(28)21-9-4-16-29-21)26-14-12-25(13-15-26)17-19-7-3-6-18-5-1-2-8-20(18)19/h1-9,16H,10-15,17H2,(H,24,28). The summed E-state index contributed by atoms with van der Waals surface area (Å²) in [6, 6.07) is 18.1. The largest absolute Gasteiger partial charge is 0.459 e. The Morgan fingerprint density at radius 1 is 0.931 bits per heavy atom. The van der Waals surface area contributed by atoms with Crippen molar-refractivity contribution in [2.24, 2.45) is 0 Å². The van der Waals surface area contributed by atoms with Gasteiger partial charge in [0.2, 0.25) is 5.91 Å². The Morgan fingerprint density at radius 3 is 2.52 bits per heavy atom. The van der Waals surface area contributed by atoms with Crippen LogP contribution in [0.4, 0.5) is 0 Å². The molecule has 1 aromatic heterocycles. The van der Waals surface area contributed by atoms with Crippen LogP contribution < -0.4 is 5.32 Å². The van der Waals surface area contributed by atoms with E-state index in [4.69, 9.17) is 4.42 Å². The van der Waals surface area contributed by atoms with Gasteiger partial charge >= 0.3 is 0 Å².